The number of amides is 1. The number of nitrogens with one attached hydrogen (secondary N) is 1. The predicted octanol–water partition coefficient (Wildman–Crippen LogP) is 4.39. The first kappa shape index (κ1) is 22.5. The van der Waals surface area contributed by atoms with Crippen LogP contribution < -0.4 is 14.8 Å². The van der Waals surface area contributed by atoms with Gasteiger partial charge in [-0.05, 0) is 42.0 Å². The van der Waals surface area contributed by atoms with E-state index in [1.54, 1.807) is 47.3 Å². The number of hydrogen-bond donors (Lipinski definition) is 1. The number of carbonyl (C=O) groups excluding carboxylic acids is 2. The van der Waals surface area contributed by atoms with Gasteiger partial charge in [-0.1, -0.05) is 48.0 Å². The number of carbonyl (C=O) groups is 2. The predicted molar refractivity (Wildman–Crippen MR) is 129 cm³/mol. The van der Waals surface area contributed by atoms with E-state index >= 15 is 0 Å². The molecule has 0 spiro atoms. The number of rotatable bonds is 7. The van der Waals surface area contributed by atoms with E-state index in [2.05, 4.69) is 10.4 Å². The van der Waals surface area contributed by atoms with E-state index in [-0.39, 0.29) is 18.9 Å². The molecule has 5 rings (SSSR count). The molecule has 8 nitrogen and oxygen atoms in total. The van der Waals surface area contributed by atoms with Crippen LogP contribution >= 0.6 is 11.6 Å². The highest BCUT2D eigenvalue weighted by atomic mass is 35.5. The maximum atomic E-state index is 12.9. The number of aromatic nitrogens is 2. The van der Waals surface area contributed by atoms with E-state index in [0.717, 1.165) is 11.3 Å². The number of nitrogens with zero attached hydrogens (tertiary/aromatic N) is 2. The molecule has 0 saturated carbocycles. The van der Waals surface area contributed by atoms with Gasteiger partial charge in [0.2, 0.25) is 6.79 Å². The van der Waals surface area contributed by atoms with Crippen molar-refractivity contribution in [2.45, 2.75) is 6.54 Å². The van der Waals surface area contributed by atoms with Crippen molar-refractivity contribution in [1.29, 1.82) is 0 Å². The number of hydrogen-bond acceptors (Lipinski definition) is 6. The molecule has 0 atom stereocenters. The molecule has 1 N–H and O–H groups in total. The molecule has 9 heteroatoms. The first-order chi connectivity index (χ1) is 17.1. The van der Waals surface area contributed by atoms with Crippen molar-refractivity contribution in [3.63, 3.8) is 0 Å². The summed E-state index contributed by atoms with van der Waals surface area (Å²) in [7, 11) is 0. The fourth-order valence-corrected chi connectivity index (χ4v) is 3.69. The van der Waals surface area contributed by atoms with Crippen LogP contribution in [0, 0.1) is 0 Å². The third-order valence-electron chi connectivity index (χ3n) is 5.33. The molecule has 0 bridgehead atoms. The van der Waals surface area contributed by atoms with Gasteiger partial charge < -0.3 is 19.5 Å². The minimum Gasteiger partial charge on any atom is -0.454 e. The first-order valence-electron chi connectivity index (χ1n) is 10.8. The van der Waals surface area contributed by atoms with Crippen LogP contribution in [0.1, 0.15) is 15.9 Å². The van der Waals surface area contributed by atoms with Crippen LogP contribution in [-0.4, -0.2) is 35.1 Å². The van der Waals surface area contributed by atoms with Crippen molar-refractivity contribution < 1.29 is 23.8 Å². The minimum absolute atomic E-state index is 0.181. The average Bonchev–Trinajstić information content (AvgIpc) is 3.54. The van der Waals surface area contributed by atoms with Gasteiger partial charge >= 0.3 is 5.97 Å². The zero-order valence-electron chi connectivity index (χ0n) is 18.4. The number of benzene rings is 3. The Bertz CT molecular complexity index is 1370. The van der Waals surface area contributed by atoms with Crippen molar-refractivity contribution in [3.8, 4) is 28.4 Å². The Morgan fingerprint density at radius 1 is 1.00 bits per heavy atom. The molecule has 176 valence electrons. The smallest absolute Gasteiger partial charge is 0.342 e. The van der Waals surface area contributed by atoms with Gasteiger partial charge in [-0.15, -0.1) is 0 Å². The van der Waals surface area contributed by atoms with Crippen LogP contribution in [0.4, 0.5) is 0 Å². The van der Waals surface area contributed by atoms with E-state index < -0.39 is 18.5 Å². The third kappa shape index (κ3) is 5.12. The molecule has 1 amide bonds. The van der Waals surface area contributed by atoms with Crippen LogP contribution in [0.25, 0.3) is 16.9 Å². The van der Waals surface area contributed by atoms with Crippen molar-refractivity contribution in [1.82, 2.24) is 15.1 Å². The minimum atomic E-state index is -0.657. The van der Waals surface area contributed by atoms with E-state index in [1.807, 2.05) is 36.4 Å². The summed E-state index contributed by atoms with van der Waals surface area (Å²) in [6.45, 7) is 0.00884. The summed E-state index contributed by atoms with van der Waals surface area (Å²) in [6, 6.07) is 21.8. The second kappa shape index (κ2) is 9.90. The second-order valence-corrected chi connectivity index (χ2v) is 8.16. The molecule has 1 aromatic heterocycles. The van der Waals surface area contributed by atoms with Gasteiger partial charge in [0.15, 0.2) is 18.1 Å². The molecule has 0 fully saturated rings. The molecule has 0 saturated heterocycles. The largest absolute Gasteiger partial charge is 0.454 e. The van der Waals surface area contributed by atoms with Crippen molar-refractivity contribution >= 4 is 23.5 Å². The van der Waals surface area contributed by atoms with Crippen LogP contribution in [0.3, 0.4) is 0 Å². The fraction of sp³-hybridized carbons (Fsp3) is 0.115. The van der Waals surface area contributed by atoms with E-state index in [0.29, 0.717) is 27.8 Å². The van der Waals surface area contributed by atoms with Crippen molar-refractivity contribution in [2.24, 2.45) is 0 Å². The summed E-state index contributed by atoms with van der Waals surface area (Å²) < 4.78 is 17.5. The molecule has 1 aliphatic heterocycles. The summed E-state index contributed by atoms with van der Waals surface area (Å²) >= 11 is 6.01. The lowest BCUT2D eigenvalue weighted by Gasteiger charge is -2.07. The maximum Gasteiger partial charge on any atom is 0.342 e. The zero-order valence-corrected chi connectivity index (χ0v) is 19.2. The molecule has 3 aromatic carbocycles. The summed E-state index contributed by atoms with van der Waals surface area (Å²) in [5.74, 6) is 0.213. The van der Waals surface area contributed by atoms with Crippen LogP contribution in [-0.2, 0) is 16.1 Å². The molecule has 2 heterocycles. The molecule has 1 aliphatic rings. The van der Waals surface area contributed by atoms with Gasteiger partial charge in [-0.25, -0.2) is 9.48 Å². The number of esters is 1. The Kier molecular flexibility index (Phi) is 6.36. The maximum absolute atomic E-state index is 12.9. The topological polar surface area (TPSA) is 91.7 Å². The highest BCUT2D eigenvalue weighted by Crippen LogP contribution is 2.32. The highest BCUT2D eigenvalue weighted by molar-refractivity contribution is 6.30. The molecule has 0 radical (unpaired) electrons. The van der Waals surface area contributed by atoms with Gasteiger partial charge in [0.1, 0.15) is 11.3 Å². The van der Waals surface area contributed by atoms with E-state index in [4.69, 9.17) is 25.8 Å². The normalized spacial score (nSPS) is 11.8. The number of ether oxygens (including phenoxy) is 3. The summed E-state index contributed by atoms with van der Waals surface area (Å²) in [6.07, 6.45) is 1.59. The Hall–Kier alpha value is -4.30. The Balaban J connectivity index is 1.27. The molecular weight excluding hydrogens is 470 g/mol. The highest BCUT2D eigenvalue weighted by Gasteiger charge is 2.21. The fourth-order valence-electron chi connectivity index (χ4n) is 3.57. The summed E-state index contributed by atoms with van der Waals surface area (Å²) in [5.41, 5.74) is 2.98. The molecule has 4 aromatic rings. The second-order valence-electron chi connectivity index (χ2n) is 7.72. The summed E-state index contributed by atoms with van der Waals surface area (Å²) in [5, 5.41) is 7.88. The lowest BCUT2D eigenvalue weighted by molar-refractivity contribution is -0.124. The molecular formula is C26H20ClN3O5. The van der Waals surface area contributed by atoms with E-state index in [1.165, 1.54) is 0 Å². The standard InChI is InChI=1S/C26H20ClN3O5/c27-19-9-7-18(8-10-19)25-21(14-30(29-25)20-4-2-1-3-5-20)26(32)33-15-24(31)28-13-17-6-11-22-23(12-17)35-16-34-22/h1-12,14H,13,15-16H2,(H,28,31). The number of para-hydroxylation sites is 1. The Labute approximate surface area is 206 Å². The molecule has 0 unspecified atom stereocenters. The van der Waals surface area contributed by atoms with Crippen LogP contribution in [0.15, 0.2) is 79.0 Å². The number of halogens is 1. The Morgan fingerprint density at radius 2 is 1.77 bits per heavy atom. The molecule has 0 aliphatic carbocycles. The quantitative estimate of drug-likeness (QED) is 0.387. The average molecular weight is 490 g/mol. The van der Waals surface area contributed by atoms with Crippen LogP contribution in [0.5, 0.6) is 11.5 Å². The van der Waals surface area contributed by atoms with Gasteiger partial charge in [-0.3, -0.25) is 4.79 Å². The first-order valence-corrected chi connectivity index (χ1v) is 11.2. The lowest BCUT2D eigenvalue weighted by Crippen LogP contribution is -2.28. The van der Waals surface area contributed by atoms with Gasteiger partial charge in [0.25, 0.3) is 5.91 Å². The van der Waals surface area contributed by atoms with Gasteiger partial charge in [-0.2, -0.15) is 5.10 Å². The molecule has 35 heavy (non-hydrogen) atoms. The van der Waals surface area contributed by atoms with E-state index in [9.17, 15) is 9.59 Å². The number of fused-ring (bicyclic) bond motifs is 1. The van der Waals surface area contributed by atoms with Gasteiger partial charge in [0, 0.05) is 23.3 Å². The SMILES string of the molecule is O=C(COC(=O)c1cn(-c2ccccc2)nc1-c1ccc(Cl)cc1)NCc1ccc2c(c1)OCO2. The van der Waals surface area contributed by atoms with Crippen molar-refractivity contribution in [2.75, 3.05) is 13.4 Å². The lowest BCUT2D eigenvalue weighted by atomic mass is 10.1. The third-order valence-corrected chi connectivity index (χ3v) is 5.59. The monoisotopic (exact) mass is 489 g/mol. The van der Waals surface area contributed by atoms with Crippen LogP contribution in [0.2, 0.25) is 5.02 Å². The zero-order chi connectivity index (χ0) is 24.2. The van der Waals surface area contributed by atoms with Crippen molar-refractivity contribution in [3.05, 3.63) is 95.1 Å². The Morgan fingerprint density at radius 3 is 2.57 bits per heavy atom. The summed E-state index contributed by atoms with van der Waals surface area (Å²) in [4.78, 5) is 25.3. The van der Waals surface area contributed by atoms with Gasteiger partial charge in [0.05, 0.1) is 5.69 Å².